The van der Waals surface area contributed by atoms with E-state index in [1.165, 1.54) is 31.6 Å². The molecule has 0 spiro atoms. The van der Waals surface area contributed by atoms with E-state index in [0.29, 0.717) is 16.0 Å². The fourth-order valence-electron chi connectivity index (χ4n) is 3.32. The first-order chi connectivity index (χ1) is 14.3. The smallest absolute Gasteiger partial charge is 0.171 e. The Morgan fingerprint density at radius 1 is 1.33 bits per heavy atom. The van der Waals surface area contributed by atoms with Crippen LogP contribution >= 0.6 is 11.3 Å². The van der Waals surface area contributed by atoms with Crippen LogP contribution in [0.25, 0.3) is 10.4 Å². The molecule has 2 N–H and O–H groups in total. The van der Waals surface area contributed by atoms with Crippen molar-refractivity contribution in [3.05, 3.63) is 70.9 Å². The average molecular weight is 442 g/mol. The number of sulfone groups is 1. The van der Waals surface area contributed by atoms with Crippen molar-refractivity contribution in [3.63, 3.8) is 0 Å². The second-order valence-electron chi connectivity index (χ2n) is 6.96. The Kier molecular flexibility index (Phi) is 4.88. The van der Waals surface area contributed by atoms with Gasteiger partial charge >= 0.3 is 0 Å². The summed E-state index contributed by atoms with van der Waals surface area (Å²) >= 11 is 1.07. The lowest BCUT2D eigenvalue weighted by Crippen LogP contribution is -2.50. The standard InChI is InChI=1S/C20H16FN5O2S2/c1-20(17-4-2-3-5-25-17)19(23)26-15(11-30(20,27)28)18-14(21)7-16(29-18)13-6-12(8-22)9-24-10-13/h2-7,9-10,15H,11H2,1H3,(H2,23,26)/t15-,20+/m0/s1. The van der Waals surface area contributed by atoms with Gasteiger partial charge in [0.15, 0.2) is 14.6 Å². The number of pyridine rings is 2. The minimum absolute atomic E-state index is 0.125. The van der Waals surface area contributed by atoms with Crippen molar-refractivity contribution in [3.8, 4) is 16.5 Å². The van der Waals surface area contributed by atoms with Gasteiger partial charge in [0.25, 0.3) is 0 Å². The van der Waals surface area contributed by atoms with Crippen LogP contribution in [0.3, 0.4) is 0 Å². The largest absolute Gasteiger partial charge is 0.386 e. The highest BCUT2D eigenvalue weighted by atomic mass is 32.2. The van der Waals surface area contributed by atoms with Crippen LogP contribution in [0, 0.1) is 17.1 Å². The molecule has 0 fully saturated rings. The number of thiophene rings is 1. The van der Waals surface area contributed by atoms with Crippen LogP contribution in [0.2, 0.25) is 0 Å². The fraction of sp³-hybridized carbons (Fsp3) is 0.200. The number of hydrogen-bond donors (Lipinski definition) is 1. The van der Waals surface area contributed by atoms with Crippen LogP contribution in [0.4, 0.5) is 4.39 Å². The Bertz CT molecular complexity index is 1300. The number of hydrogen-bond acceptors (Lipinski definition) is 8. The third-order valence-corrected chi connectivity index (χ3v) is 8.78. The summed E-state index contributed by atoms with van der Waals surface area (Å²) in [5.41, 5.74) is 7.31. The van der Waals surface area contributed by atoms with E-state index >= 15 is 0 Å². The minimum atomic E-state index is -3.84. The molecule has 2 atom stereocenters. The van der Waals surface area contributed by atoms with Gasteiger partial charge in [0.1, 0.15) is 23.8 Å². The molecule has 0 saturated heterocycles. The van der Waals surface area contributed by atoms with E-state index in [0.717, 1.165) is 11.3 Å². The van der Waals surface area contributed by atoms with E-state index in [2.05, 4.69) is 15.0 Å². The molecule has 3 aromatic rings. The fourth-order valence-corrected chi connectivity index (χ4v) is 6.28. The zero-order valence-electron chi connectivity index (χ0n) is 15.8. The van der Waals surface area contributed by atoms with Gasteiger partial charge in [0.2, 0.25) is 0 Å². The van der Waals surface area contributed by atoms with Crippen molar-refractivity contribution in [2.75, 3.05) is 5.75 Å². The van der Waals surface area contributed by atoms with Gasteiger partial charge in [-0.25, -0.2) is 12.8 Å². The summed E-state index contributed by atoms with van der Waals surface area (Å²) in [6, 6.07) is 8.85. The van der Waals surface area contributed by atoms with Gasteiger partial charge in [-0.3, -0.25) is 15.0 Å². The summed E-state index contributed by atoms with van der Waals surface area (Å²) in [7, 11) is -3.84. The van der Waals surface area contributed by atoms with Gasteiger partial charge in [-0.15, -0.1) is 11.3 Å². The van der Waals surface area contributed by atoms with Gasteiger partial charge in [-0.2, -0.15) is 5.26 Å². The SMILES string of the molecule is C[C@@]1(c2ccccn2)C(N)=N[C@H](c2sc(-c3cncc(C#N)c3)cc2F)CS1(=O)=O. The molecule has 7 nitrogen and oxygen atoms in total. The molecule has 0 bridgehead atoms. The normalized spacial score (nSPS) is 22.8. The number of rotatable bonds is 3. The Morgan fingerprint density at radius 2 is 2.13 bits per heavy atom. The monoisotopic (exact) mass is 441 g/mol. The number of nitrogens with two attached hydrogens (primary N) is 1. The molecule has 0 amide bonds. The molecule has 0 radical (unpaired) electrons. The van der Waals surface area contributed by atoms with Crippen molar-refractivity contribution in [1.82, 2.24) is 9.97 Å². The quantitative estimate of drug-likeness (QED) is 0.667. The third kappa shape index (κ3) is 3.16. The van der Waals surface area contributed by atoms with E-state index in [1.807, 2.05) is 6.07 Å². The van der Waals surface area contributed by atoms with Gasteiger partial charge in [-0.05, 0) is 31.2 Å². The van der Waals surface area contributed by atoms with Crippen molar-refractivity contribution < 1.29 is 12.8 Å². The van der Waals surface area contributed by atoms with Crippen LogP contribution in [0.5, 0.6) is 0 Å². The van der Waals surface area contributed by atoms with Crippen molar-refractivity contribution in [2.24, 2.45) is 10.7 Å². The molecule has 1 aliphatic heterocycles. The van der Waals surface area contributed by atoms with Crippen molar-refractivity contribution in [2.45, 2.75) is 17.7 Å². The predicted molar refractivity (Wildman–Crippen MR) is 112 cm³/mol. The highest BCUT2D eigenvalue weighted by Gasteiger charge is 2.50. The molecule has 1 aliphatic rings. The van der Waals surface area contributed by atoms with Gasteiger partial charge in [0.05, 0.1) is 21.9 Å². The Balaban J connectivity index is 1.77. The first-order valence-corrected chi connectivity index (χ1v) is 11.4. The average Bonchev–Trinajstić information content (AvgIpc) is 3.14. The number of halogens is 1. The summed E-state index contributed by atoms with van der Waals surface area (Å²) in [6.45, 7) is 1.47. The molecule has 30 heavy (non-hydrogen) atoms. The summed E-state index contributed by atoms with van der Waals surface area (Å²) in [4.78, 5) is 13.2. The molecule has 4 heterocycles. The number of nitrogens with zero attached hydrogens (tertiary/aromatic N) is 4. The molecule has 0 aromatic carbocycles. The van der Waals surface area contributed by atoms with Gasteiger partial charge in [-0.1, -0.05) is 6.07 Å². The number of nitriles is 1. The lowest BCUT2D eigenvalue weighted by Gasteiger charge is -2.34. The first kappa shape index (κ1) is 20.1. The van der Waals surface area contributed by atoms with Crippen LogP contribution in [0.1, 0.15) is 29.1 Å². The lowest BCUT2D eigenvalue weighted by atomic mass is 10.0. The van der Waals surface area contributed by atoms with Crippen molar-refractivity contribution >= 4 is 27.0 Å². The highest BCUT2D eigenvalue weighted by Crippen LogP contribution is 2.42. The maximum Gasteiger partial charge on any atom is 0.171 e. The summed E-state index contributed by atoms with van der Waals surface area (Å²) in [5, 5.41) is 9.04. The summed E-state index contributed by atoms with van der Waals surface area (Å²) in [6.07, 6.45) is 4.42. The lowest BCUT2D eigenvalue weighted by molar-refractivity contribution is 0.550. The molecule has 152 valence electrons. The topological polar surface area (TPSA) is 122 Å². The van der Waals surface area contributed by atoms with Crippen LogP contribution in [-0.4, -0.2) is 30.0 Å². The van der Waals surface area contributed by atoms with E-state index in [-0.39, 0.29) is 16.4 Å². The van der Waals surface area contributed by atoms with E-state index in [4.69, 9.17) is 11.0 Å². The summed E-state index contributed by atoms with van der Waals surface area (Å²) in [5.74, 6) is -1.09. The molecule has 4 rings (SSSR count). The second-order valence-corrected chi connectivity index (χ2v) is 10.4. The zero-order chi connectivity index (χ0) is 21.5. The zero-order valence-corrected chi connectivity index (χ0v) is 17.4. The molecular weight excluding hydrogens is 425 g/mol. The predicted octanol–water partition coefficient (Wildman–Crippen LogP) is 2.96. The molecule has 10 heteroatoms. The summed E-state index contributed by atoms with van der Waals surface area (Å²) < 4.78 is 39.6. The van der Waals surface area contributed by atoms with Crippen LogP contribution < -0.4 is 5.73 Å². The van der Waals surface area contributed by atoms with Gasteiger partial charge < -0.3 is 5.73 Å². The number of aliphatic imine (C=N–C) groups is 1. The first-order valence-electron chi connectivity index (χ1n) is 8.88. The number of aromatic nitrogens is 2. The van der Waals surface area contributed by atoms with E-state index in [1.54, 1.807) is 24.3 Å². The van der Waals surface area contributed by atoms with E-state index in [9.17, 15) is 12.8 Å². The van der Waals surface area contributed by atoms with Gasteiger partial charge in [0, 0.05) is 29.0 Å². The Hall–Kier alpha value is -3.16. The Labute approximate surface area is 176 Å². The molecular formula is C20H16FN5O2S2. The number of amidine groups is 1. The van der Waals surface area contributed by atoms with E-state index < -0.39 is 32.2 Å². The second kappa shape index (κ2) is 7.27. The molecule has 0 unspecified atom stereocenters. The van der Waals surface area contributed by atoms with Crippen LogP contribution in [0.15, 0.2) is 53.9 Å². The maximum absolute atomic E-state index is 14.8. The highest BCUT2D eigenvalue weighted by molar-refractivity contribution is 7.93. The van der Waals surface area contributed by atoms with Crippen LogP contribution in [-0.2, 0) is 14.6 Å². The minimum Gasteiger partial charge on any atom is -0.386 e. The maximum atomic E-state index is 14.8. The third-order valence-electron chi connectivity index (χ3n) is 5.10. The van der Waals surface area contributed by atoms with Crippen molar-refractivity contribution in [1.29, 1.82) is 5.26 Å². The molecule has 0 aliphatic carbocycles. The molecule has 3 aromatic heterocycles. The molecule has 0 saturated carbocycles. The Morgan fingerprint density at radius 3 is 2.80 bits per heavy atom.